The number of carbonyl (C=O) groups excluding carboxylic acids is 1. The summed E-state index contributed by atoms with van der Waals surface area (Å²) < 4.78 is 20.8. The summed E-state index contributed by atoms with van der Waals surface area (Å²) in [4.78, 5) is 18.2. The van der Waals surface area contributed by atoms with Gasteiger partial charge in [0.05, 0.1) is 29.8 Å². The van der Waals surface area contributed by atoms with Gasteiger partial charge in [-0.3, -0.25) is 9.36 Å². The van der Waals surface area contributed by atoms with Crippen molar-refractivity contribution in [2.45, 2.75) is 13.0 Å². The Hall–Kier alpha value is -4.13. The Morgan fingerprint density at radius 3 is 2.66 bits per heavy atom. The number of imidazole rings is 1. The molecule has 2 heterocycles. The molecule has 32 heavy (non-hydrogen) atoms. The highest BCUT2D eigenvalue weighted by atomic mass is 19.1. The number of rotatable bonds is 4. The van der Waals surface area contributed by atoms with E-state index in [1.165, 1.54) is 24.3 Å². The lowest BCUT2D eigenvalue weighted by Gasteiger charge is -2.31. The van der Waals surface area contributed by atoms with Crippen molar-refractivity contribution in [1.82, 2.24) is 9.55 Å². The van der Waals surface area contributed by atoms with E-state index in [9.17, 15) is 9.18 Å². The normalized spacial score (nSPS) is 15.3. The second-order valence-corrected chi connectivity index (χ2v) is 7.60. The summed E-state index contributed by atoms with van der Waals surface area (Å²) in [6.45, 7) is 1.86. The van der Waals surface area contributed by atoms with Crippen LogP contribution in [0.2, 0.25) is 0 Å². The molecule has 160 valence electrons. The zero-order chi connectivity index (χ0) is 22.2. The molecule has 3 aromatic carbocycles. The van der Waals surface area contributed by atoms with Gasteiger partial charge >= 0.3 is 0 Å². The molecule has 0 bridgehead atoms. The van der Waals surface area contributed by atoms with Crippen LogP contribution in [0.5, 0.6) is 5.75 Å². The number of ether oxygens (including phenoxy) is 1. The quantitative estimate of drug-likeness (QED) is 0.474. The molecule has 1 aliphatic heterocycles. The summed E-state index contributed by atoms with van der Waals surface area (Å²) in [5, 5.41) is 6.18. The van der Waals surface area contributed by atoms with Gasteiger partial charge in [-0.05, 0) is 61.0 Å². The third kappa shape index (κ3) is 3.37. The predicted octanol–water partition coefficient (Wildman–Crippen LogP) is 5.11. The number of nitrogens with one attached hydrogen (secondary N) is 2. The SMILES string of the molecule is COc1cccc([C@H]2C(C(=O)Nc3ccc(F)cc3)=C(C)Nc3nc4ccccc4n32)c1. The molecule has 0 radical (unpaired) electrons. The molecule has 7 heteroatoms. The molecule has 0 aliphatic carbocycles. The van der Waals surface area contributed by atoms with E-state index in [0.717, 1.165) is 16.6 Å². The Morgan fingerprint density at radius 2 is 1.88 bits per heavy atom. The smallest absolute Gasteiger partial charge is 0.255 e. The molecular weight excluding hydrogens is 407 g/mol. The molecule has 6 nitrogen and oxygen atoms in total. The minimum atomic E-state index is -0.436. The van der Waals surface area contributed by atoms with Gasteiger partial charge in [-0.1, -0.05) is 24.3 Å². The van der Waals surface area contributed by atoms with E-state index < -0.39 is 6.04 Å². The van der Waals surface area contributed by atoms with Gasteiger partial charge in [0.2, 0.25) is 5.95 Å². The Bertz CT molecular complexity index is 1360. The summed E-state index contributed by atoms with van der Waals surface area (Å²) in [6.07, 6.45) is 0. The van der Waals surface area contributed by atoms with Crippen LogP contribution in [0.15, 0.2) is 84.1 Å². The zero-order valence-electron chi connectivity index (χ0n) is 17.6. The number of para-hydroxylation sites is 2. The largest absolute Gasteiger partial charge is 0.497 e. The van der Waals surface area contributed by atoms with E-state index >= 15 is 0 Å². The minimum Gasteiger partial charge on any atom is -0.497 e. The standard InChI is InChI=1S/C25H21FN4O2/c1-15-22(24(31)28-18-12-10-17(26)11-13-18)23(16-6-5-7-19(14-16)32-2)30-21-9-4-3-8-20(21)29-25(30)27-15/h3-14,23H,1-2H3,(H,27,29)(H,28,31)/t23-/m0/s1. The molecule has 2 N–H and O–H groups in total. The summed E-state index contributed by atoms with van der Waals surface area (Å²) in [5.74, 6) is 0.720. The first kappa shape index (κ1) is 19.8. The zero-order valence-corrected chi connectivity index (χ0v) is 17.6. The van der Waals surface area contributed by atoms with Gasteiger partial charge in [0, 0.05) is 11.4 Å². The van der Waals surface area contributed by atoms with Crippen LogP contribution in [0.25, 0.3) is 11.0 Å². The number of methoxy groups -OCH3 is 1. The lowest BCUT2D eigenvalue weighted by Crippen LogP contribution is -2.30. The van der Waals surface area contributed by atoms with Crippen molar-refractivity contribution in [3.05, 3.63) is 95.4 Å². The maximum atomic E-state index is 13.5. The Kier molecular flexibility index (Phi) is 4.86. The molecule has 1 atom stereocenters. The van der Waals surface area contributed by atoms with Crippen LogP contribution in [0.1, 0.15) is 18.5 Å². The van der Waals surface area contributed by atoms with Crippen molar-refractivity contribution >= 4 is 28.6 Å². The number of hydrogen-bond donors (Lipinski definition) is 2. The fraction of sp³-hybridized carbons (Fsp3) is 0.120. The number of allylic oxidation sites excluding steroid dienone is 1. The molecule has 0 saturated carbocycles. The summed E-state index contributed by atoms with van der Waals surface area (Å²) in [6, 6.07) is 20.7. The topological polar surface area (TPSA) is 68.2 Å². The van der Waals surface area contributed by atoms with Crippen molar-refractivity contribution in [1.29, 1.82) is 0 Å². The van der Waals surface area contributed by atoms with Gasteiger partial charge in [0.25, 0.3) is 5.91 Å². The van der Waals surface area contributed by atoms with Gasteiger partial charge < -0.3 is 15.4 Å². The third-order valence-corrected chi connectivity index (χ3v) is 5.59. The summed E-state index contributed by atoms with van der Waals surface area (Å²) in [7, 11) is 1.61. The van der Waals surface area contributed by atoms with Crippen LogP contribution in [-0.4, -0.2) is 22.6 Å². The Morgan fingerprint density at radius 1 is 1.09 bits per heavy atom. The van der Waals surface area contributed by atoms with Crippen molar-refractivity contribution in [3.8, 4) is 5.75 Å². The number of benzene rings is 3. The molecule has 0 fully saturated rings. The average molecular weight is 428 g/mol. The lowest BCUT2D eigenvalue weighted by molar-refractivity contribution is -0.113. The Balaban J connectivity index is 1.66. The molecule has 1 amide bonds. The first-order valence-electron chi connectivity index (χ1n) is 10.2. The number of hydrogen-bond acceptors (Lipinski definition) is 4. The first-order chi connectivity index (χ1) is 15.5. The van der Waals surface area contributed by atoms with E-state index in [2.05, 4.69) is 10.6 Å². The van der Waals surface area contributed by atoms with E-state index in [-0.39, 0.29) is 11.7 Å². The summed E-state index contributed by atoms with van der Waals surface area (Å²) >= 11 is 0. The monoisotopic (exact) mass is 428 g/mol. The number of amides is 1. The highest BCUT2D eigenvalue weighted by molar-refractivity contribution is 6.06. The van der Waals surface area contributed by atoms with E-state index in [1.54, 1.807) is 7.11 Å². The van der Waals surface area contributed by atoms with Crippen molar-refractivity contribution in [2.75, 3.05) is 17.7 Å². The highest BCUT2D eigenvalue weighted by Crippen LogP contribution is 2.40. The number of aromatic nitrogens is 2. The number of carbonyl (C=O) groups is 1. The van der Waals surface area contributed by atoms with E-state index in [0.29, 0.717) is 28.7 Å². The van der Waals surface area contributed by atoms with Crippen LogP contribution in [0, 0.1) is 5.82 Å². The molecular formula is C25H21FN4O2. The maximum absolute atomic E-state index is 13.5. The number of fused-ring (bicyclic) bond motifs is 3. The lowest BCUT2D eigenvalue weighted by atomic mass is 9.94. The summed E-state index contributed by atoms with van der Waals surface area (Å²) in [5.41, 5.74) is 4.37. The third-order valence-electron chi connectivity index (χ3n) is 5.59. The molecule has 0 spiro atoms. The second-order valence-electron chi connectivity index (χ2n) is 7.60. The number of anilines is 2. The first-order valence-corrected chi connectivity index (χ1v) is 10.2. The Labute approximate surface area is 184 Å². The minimum absolute atomic E-state index is 0.280. The van der Waals surface area contributed by atoms with E-state index in [1.807, 2.05) is 60.0 Å². The van der Waals surface area contributed by atoms with E-state index in [4.69, 9.17) is 9.72 Å². The maximum Gasteiger partial charge on any atom is 0.255 e. The molecule has 1 aromatic heterocycles. The number of halogens is 1. The van der Waals surface area contributed by atoms with Crippen LogP contribution in [0.3, 0.4) is 0 Å². The van der Waals surface area contributed by atoms with Gasteiger partial charge in [0.15, 0.2) is 0 Å². The van der Waals surface area contributed by atoms with Crippen LogP contribution in [0.4, 0.5) is 16.0 Å². The van der Waals surface area contributed by atoms with Crippen molar-refractivity contribution in [2.24, 2.45) is 0 Å². The van der Waals surface area contributed by atoms with Gasteiger partial charge in [-0.25, -0.2) is 9.37 Å². The molecule has 0 unspecified atom stereocenters. The van der Waals surface area contributed by atoms with Gasteiger partial charge in [0.1, 0.15) is 11.6 Å². The molecule has 5 rings (SSSR count). The molecule has 4 aromatic rings. The predicted molar refractivity (Wildman–Crippen MR) is 122 cm³/mol. The van der Waals surface area contributed by atoms with Crippen molar-refractivity contribution in [3.63, 3.8) is 0 Å². The van der Waals surface area contributed by atoms with Gasteiger partial charge in [-0.15, -0.1) is 0 Å². The fourth-order valence-electron chi connectivity index (χ4n) is 4.12. The van der Waals surface area contributed by atoms with Crippen molar-refractivity contribution < 1.29 is 13.9 Å². The molecule has 0 saturated heterocycles. The fourth-order valence-corrected chi connectivity index (χ4v) is 4.12. The number of nitrogens with zero attached hydrogens (tertiary/aromatic N) is 2. The highest BCUT2D eigenvalue weighted by Gasteiger charge is 2.34. The van der Waals surface area contributed by atoms with Gasteiger partial charge in [-0.2, -0.15) is 0 Å². The molecule has 1 aliphatic rings. The average Bonchev–Trinajstić information content (AvgIpc) is 3.17. The van der Waals surface area contributed by atoms with Crippen LogP contribution >= 0.6 is 0 Å². The second kappa shape index (κ2) is 7.85. The van der Waals surface area contributed by atoms with Crippen LogP contribution in [-0.2, 0) is 4.79 Å². The van der Waals surface area contributed by atoms with Crippen LogP contribution < -0.4 is 15.4 Å².